The van der Waals surface area contributed by atoms with Gasteiger partial charge in [-0.25, -0.2) is 4.98 Å². The van der Waals surface area contributed by atoms with Crippen molar-refractivity contribution in [3.05, 3.63) is 21.8 Å². The zero-order valence-corrected chi connectivity index (χ0v) is 10.8. The van der Waals surface area contributed by atoms with Crippen molar-refractivity contribution < 1.29 is 14.3 Å². The molecule has 1 unspecified atom stereocenters. The summed E-state index contributed by atoms with van der Waals surface area (Å²) in [4.78, 5) is 18.8. The molecule has 0 aromatic carbocycles. The van der Waals surface area contributed by atoms with Gasteiger partial charge in [-0.1, -0.05) is 0 Å². The summed E-state index contributed by atoms with van der Waals surface area (Å²) in [7, 11) is 0. The summed E-state index contributed by atoms with van der Waals surface area (Å²) in [5.74, 6) is -0.398. The van der Waals surface area contributed by atoms with Crippen molar-refractivity contribution in [2.24, 2.45) is 5.73 Å². The van der Waals surface area contributed by atoms with Crippen LogP contribution in [0.15, 0.2) is 9.80 Å². The Morgan fingerprint density at radius 1 is 1.68 bits per heavy atom. The van der Waals surface area contributed by atoms with Gasteiger partial charge in [-0.15, -0.1) is 11.3 Å². The molecule has 0 fully saturated rings. The summed E-state index contributed by atoms with van der Waals surface area (Å²) in [5.41, 5.74) is 6.12. The maximum atomic E-state index is 10.7. The first-order chi connectivity index (χ1) is 9.01. The van der Waals surface area contributed by atoms with Crippen LogP contribution in [0.4, 0.5) is 0 Å². The van der Waals surface area contributed by atoms with Crippen LogP contribution < -0.4 is 5.73 Å². The minimum absolute atomic E-state index is 0.144. The van der Waals surface area contributed by atoms with E-state index in [1.54, 1.807) is 12.3 Å². The van der Waals surface area contributed by atoms with Gasteiger partial charge in [-0.2, -0.15) is 10.2 Å². The summed E-state index contributed by atoms with van der Waals surface area (Å²) in [6.07, 6.45) is 0.144. The van der Waals surface area contributed by atoms with Gasteiger partial charge in [0, 0.05) is 11.8 Å². The third kappa shape index (κ3) is 2.78. The molecule has 7 nitrogen and oxygen atoms in total. The van der Waals surface area contributed by atoms with E-state index in [0.29, 0.717) is 16.5 Å². The fourth-order valence-electron chi connectivity index (χ4n) is 1.39. The van der Waals surface area contributed by atoms with Crippen LogP contribution in [-0.2, 0) is 11.2 Å². The molecular weight excluding hydrogens is 268 g/mol. The summed E-state index contributed by atoms with van der Waals surface area (Å²) in [6.45, 7) is 1.64. The molecule has 0 spiro atoms. The molecular formula is C11H10N4O3S. The normalized spacial score (nSPS) is 12.1. The topological polar surface area (TPSA) is 126 Å². The lowest BCUT2D eigenvalue weighted by Crippen LogP contribution is -2.32. The molecule has 2 aromatic rings. The van der Waals surface area contributed by atoms with Crippen LogP contribution in [0, 0.1) is 18.3 Å². The number of thiazole rings is 1. The number of aliphatic carboxylic acids is 1. The van der Waals surface area contributed by atoms with Gasteiger partial charge in [0.1, 0.15) is 23.6 Å². The lowest BCUT2D eigenvalue weighted by Gasteiger charge is -2.01. The summed E-state index contributed by atoms with van der Waals surface area (Å²) in [6, 6.07) is 0.926. The summed E-state index contributed by atoms with van der Waals surface area (Å²) >= 11 is 1.28. The van der Waals surface area contributed by atoms with Crippen molar-refractivity contribution in [2.45, 2.75) is 19.4 Å². The summed E-state index contributed by atoms with van der Waals surface area (Å²) in [5, 5.41) is 19.8. The molecule has 0 saturated carbocycles. The molecule has 0 saturated heterocycles. The standard InChI is InChI=1S/C11H10N4O3S/c1-5-7(3-12)15-10(18-5)8-4-19-9(14-8)2-6(13)11(16)17/h4,6H,2,13H2,1H3,(H,16,17). The quantitative estimate of drug-likeness (QED) is 0.851. The molecule has 0 amide bonds. The third-order valence-electron chi connectivity index (χ3n) is 2.39. The zero-order valence-electron chi connectivity index (χ0n) is 9.95. The van der Waals surface area contributed by atoms with Gasteiger partial charge in [-0.3, -0.25) is 4.79 Å². The van der Waals surface area contributed by atoms with Crippen LogP contribution in [-0.4, -0.2) is 27.1 Å². The average Bonchev–Trinajstić information content (AvgIpc) is 2.95. The van der Waals surface area contributed by atoms with Gasteiger partial charge in [0.2, 0.25) is 5.89 Å². The number of nitrogens with two attached hydrogens (primary N) is 1. The molecule has 2 rings (SSSR count). The Hall–Kier alpha value is -2.24. The van der Waals surface area contributed by atoms with Crippen molar-refractivity contribution in [2.75, 3.05) is 0 Å². The second kappa shape index (κ2) is 5.17. The largest absolute Gasteiger partial charge is 0.480 e. The molecule has 0 aliphatic rings. The number of hydrogen-bond donors (Lipinski definition) is 2. The third-order valence-corrected chi connectivity index (χ3v) is 3.26. The van der Waals surface area contributed by atoms with E-state index < -0.39 is 12.0 Å². The number of nitriles is 1. The highest BCUT2D eigenvalue weighted by molar-refractivity contribution is 7.09. The molecule has 0 aliphatic carbocycles. The Morgan fingerprint density at radius 2 is 2.42 bits per heavy atom. The first-order valence-corrected chi connectivity index (χ1v) is 6.20. The average molecular weight is 278 g/mol. The lowest BCUT2D eigenvalue weighted by atomic mass is 10.2. The van der Waals surface area contributed by atoms with Crippen molar-refractivity contribution in [3.63, 3.8) is 0 Å². The maximum absolute atomic E-state index is 10.7. The zero-order chi connectivity index (χ0) is 14.0. The van der Waals surface area contributed by atoms with Crippen LogP contribution in [0.5, 0.6) is 0 Å². The minimum Gasteiger partial charge on any atom is -0.480 e. The molecule has 2 aromatic heterocycles. The van der Waals surface area contributed by atoms with E-state index in [1.807, 2.05) is 6.07 Å². The first-order valence-electron chi connectivity index (χ1n) is 5.32. The number of carbonyl (C=O) groups is 1. The molecule has 0 aliphatic heterocycles. The number of carboxylic acids is 1. The van der Waals surface area contributed by atoms with E-state index in [4.69, 9.17) is 20.5 Å². The molecule has 2 heterocycles. The second-order valence-electron chi connectivity index (χ2n) is 3.81. The number of rotatable bonds is 4. The number of carboxylic acid groups (broad SMARTS) is 1. The van der Waals surface area contributed by atoms with Gasteiger partial charge in [0.05, 0.1) is 5.01 Å². The van der Waals surface area contributed by atoms with Crippen LogP contribution in [0.2, 0.25) is 0 Å². The predicted molar refractivity (Wildman–Crippen MR) is 66.4 cm³/mol. The van der Waals surface area contributed by atoms with E-state index in [0.717, 1.165) is 0 Å². The molecule has 8 heteroatoms. The van der Waals surface area contributed by atoms with Crippen LogP contribution in [0.1, 0.15) is 16.5 Å². The van der Waals surface area contributed by atoms with E-state index >= 15 is 0 Å². The highest BCUT2D eigenvalue weighted by Crippen LogP contribution is 2.23. The SMILES string of the molecule is Cc1oc(-c2csc(CC(N)C(=O)O)n2)nc1C#N. The number of aromatic nitrogens is 2. The summed E-state index contributed by atoms with van der Waals surface area (Å²) < 4.78 is 5.32. The molecule has 0 bridgehead atoms. The van der Waals surface area contributed by atoms with E-state index in [-0.39, 0.29) is 18.0 Å². The predicted octanol–water partition coefficient (Wildman–Crippen LogP) is 0.933. The smallest absolute Gasteiger partial charge is 0.320 e. The van der Waals surface area contributed by atoms with Gasteiger partial charge in [-0.05, 0) is 6.92 Å². The second-order valence-corrected chi connectivity index (χ2v) is 4.75. The van der Waals surface area contributed by atoms with Crippen LogP contribution in [0.3, 0.4) is 0 Å². The van der Waals surface area contributed by atoms with E-state index in [9.17, 15) is 4.79 Å². The molecule has 3 N–H and O–H groups in total. The highest BCUT2D eigenvalue weighted by atomic mass is 32.1. The van der Waals surface area contributed by atoms with Crippen molar-refractivity contribution in [1.82, 2.24) is 9.97 Å². The first kappa shape index (κ1) is 13.2. The van der Waals surface area contributed by atoms with Gasteiger partial charge < -0.3 is 15.3 Å². The number of aryl methyl sites for hydroxylation is 1. The van der Waals surface area contributed by atoms with Gasteiger partial charge in [0.25, 0.3) is 0 Å². The van der Waals surface area contributed by atoms with Gasteiger partial charge in [0.15, 0.2) is 5.69 Å². The maximum Gasteiger partial charge on any atom is 0.320 e. The van der Waals surface area contributed by atoms with Crippen molar-refractivity contribution >= 4 is 17.3 Å². The highest BCUT2D eigenvalue weighted by Gasteiger charge is 2.17. The van der Waals surface area contributed by atoms with Crippen molar-refractivity contribution in [3.8, 4) is 17.7 Å². The Labute approximate surface area is 112 Å². The lowest BCUT2D eigenvalue weighted by molar-refractivity contribution is -0.138. The van der Waals surface area contributed by atoms with E-state index in [1.165, 1.54) is 11.3 Å². The van der Waals surface area contributed by atoms with E-state index in [2.05, 4.69) is 9.97 Å². The number of hydrogen-bond acceptors (Lipinski definition) is 7. The molecule has 0 radical (unpaired) electrons. The Balaban J connectivity index is 2.21. The Bertz CT molecular complexity index is 655. The van der Waals surface area contributed by atoms with Crippen LogP contribution in [0.25, 0.3) is 11.6 Å². The fourth-order valence-corrected chi connectivity index (χ4v) is 2.22. The molecule has 1 atom stereocenters. The molecule has 98 valence electrons. The monoisotopic (exact) mass is 278 g/mol. The minimum atomic E-state index is -1.07. The number of nitrogens with zero attached hydrogens (tertiary/aromatic N) is 3. The van der Waals surface area contributed by atoms with Crippen LogP contribution >= 0.6 is 11.3 Å². The molecule has 19 heavy (non-hydrogen) atoms. The fraction of sp³-hybridized carbons (Fsp3) is 0.273. The number of oxazole rings is 1. The Morgan fingerprint density at radius 3 is 3.00 bits per heavy atom. The Kier molecular flexibility index (Phi) is 3.59. The van der Waals surface area contributed by atoms with Gasteiger partial charge >= 0.3 is 5.97 Å². The van der Waals surface area contributed by atoms with Crippen molar-refractivity contribution in [1.29, 1.82) is 5.26 Å².